The van der Waals surface area contributed by atoms with Crippen molar-refractivity contribution in [3.63, 3.8) is 0 Å². The molecule has 2 nitrogen and oxygen atoms in total. The quantitative estimate of drug-likeness (QED) is 0.619. The van der Waals surface area contributed by atoms with E-state index in [0.29, 0.717) is 6.04 Å². The van der Waals surface area contributed by atoms with Crippen molar-refractivity contribution in [1.29, 1.82) is 0 Å². The van der Waals surface area contributed by atoms with Gasteiger partial charge >= 0.3 is 0 Å². The highest BCUT2D eigenvalue weighted by atomic mass is 16.3. The number of rotatable bonds is 2. The summed E-state index contributed by atoms with van der Waals surface area (Å²) in [5.74, 6) is 0. The molecule has 1 saturated heterocycles. The third-order valence-corrected chi connectivity index (χ3v) is 2.29. The summed E-state index contributed by atoms with van der Waals surface area (Å²) >= 11 is 0. The lowest BCUT2D eigenvalue weighted by Crippen LogP contribution is -2.24. The first-order valence-corrected chi connectivity index (χ1v) is 4.12. The van der Waals surface area contributed by atoms with Crippen molar-refractivity contribution in [2.24, 2.45) is 0 Å². The van der Waals surface area contributed by atoms with Gasteiger partial charge in [-0.2, -0.15) is 0 Å². The Hall–Kier alpha value is -0.0800. The Morgan fingerprint density at radius 2 is 2.30 bits per heavy atom. The molecule has 0 radical (unpaired) electrons. The van der Waals surface area contributed by atoms with Crippen molar-refractivity contribution in [2.45, 2.75) is 38.3 Å². The van der Waals surface area contributed by atoms with Crippen LogP contribution in [0.3, 0.4) is 0 Å². The number of β-amino-alcohol motifs (C(OH)–C–C–N with tert-alkyl or cyclic N) is 1. The summed E-state index contributed by atoms with van der Waals surface area (Å²) in [6.07, 6.45) is 3.36. The predicted molar refractivity (Wildman–Crippen MR) is 41.9 cm³/mol. The standard InChI is InChI=1S/C8H17NO/c1-3-4-7-5-8(10)6-9(7)2/h7-8,10H,3-6H2,1-2H3/t7-,8-/m1/s1. The Labute approximate surface area is 62.8 Å². The van der Waals surface area contributed by atoms with Crippen LogP contribution >= 0.6 is 0 Å². The fourth-order valence-corrected chi connectivity index (χ4v) is 1.72. The largest absolute Gasteiger partial charge is 0.392 e. The van der Waals surface area contributed by atoms with Gasteiger partial charge in [0.15, 0.2) is 0 Å². The fraction of sp³-hybridized carbons (Fsp3) is 1.00. The number of aliphatic hydroxyl groups excluding tert-OH is 1. The number of nitrogens with zero attached hydrogens (tertiary/aromatic N) is 1. The smallest absolute Gasteiger partial charge is 0.0682 e. The lowest BCUT2D eigenvalue weighted by Gasteiger charge is -2.17. The fourth-order valence-electron chi connectivity index (χ4n) is 1.72. The van der Waals surface area contributed by atoms with Crippen LogP contribution in [-0.4, -0.2) is 35.7 Å². The summed E-state index contributed by atoms with van der Waals surface area (Å²) in [5.41, 5.74) is 0. The van der Waals surface area contributed by atoms with Crippen LogP contribution in [0.4, 0.5) is 0 Å². The van der Waals surface area contributed by atoms with Gasteiger partial charge in [-0.15, -0.1) is 0 Å². The molecule has 1 heterocycles. The molecule has 0 bridgehead atoms. The molecule has 1 N–H and O–H groups in total. The molecule has 0 aromatic rings. The van der Waals surface area contributed by atoms with E-state index in [9.17, 15) is 5.11 Å². The van der Waals surface area contributed by atoms with Gasteiger partial charge in [-0.25, -0.2) is 0 Å². The normalized spacial score (nSPS) is 35.1. The SMILES string of the molecule is CCC[C@@H]1C[C@@H](O)CN1C. The first-order chi connectivity index (χ1) is 4.74. The van der Waals surface area contributed by atoms with Gasteiger partial charge < -0.3 is 10.0 Å². The van der Waals surface area contributed by atoms with E-state index in [-0.39, 0.29) is 6.10 Å². The Morgan fingerprint density at radius 1 is 1.60 bits per heavy atom. The van der Waals surface area contributed by atoms with Crippen LogP contribution in [0.5, 0.6) is 0 Å². The van der Waals surface area contributed by atoms with E-state index in [2.05, 4.69) is 18.9 Å². The maximum Gasteiger partial charge on any atom is 0.0682 e. The van der Waals surface area contributed by atoms with Crippen molar-refractivity contribution in [3.8, 4) is 0 Å². The van der Waals surface area contributed by atoms with Gasteiger partial charge in [0.1, 0.15) is 0 Å². The van der Waals surface area contributed by atoms with Crippen molar-refractivity contribution in [1.82, 2.24) is 4.90 Å². The average molecular weight is 143 g/mol. The predicted octanol–water partition coefficient (Wildman–Crippen LogP) is 0.851. The highest BCUT2D eigenvalue weighted by molar-refractivity contribution is 4.81. The zero-order chi connectivity index (χ0) is 7.56. The molecule has 60 valence electrons. The number of hydrogen-bond acceptors (Lipinski definition) is 2. The van der Waals surface area contributed by atoms with Gasteiger partial charge in [0.25, 0.3) is 0 Å². The number of hydrogen-bond donors (Lipinski definition) is 1. The number of likely N-dealkylation sites (tertiary alicyclic amines) is 1. The molecule has 0 saturated carbocycles. The van der Waals surface area contributed by atoms with E-state index in [1.807, 2.05) is 0 Å². The summed E-state index contributed by atoms with van der Waals surface area (Å²) < 4.78 is 0. The Balaban J connectivity index is 2.31. The monoisotopic (exact) mass is 143 g/mol. The van der Waals surface area contributed by atoms with Crippen LogP contribution in [0.2, 0.25) is 0 Å². The van der Waals surface area contributed by atoms with Crippen molar-refractivity contribution >= 4 is 0 Å². The van der Waals surface area contributed by atoms with Gasteiger partial charge in [-0.1, -0.05) is 13.3 Å². The van der Waals surface area contributed by atoms with Gasteiger partial charge in [-0.05, 0) is 19.9 Å². The maximum atomic E-state index is 9.25. The zero-order valence-electron chi connectivity index (χ0n) is 6.88. The molecule has 1 aliphatic heterocycles. The van der Waals surface area contributed by atoms with Gasteiger partial charge in [0, 0.05) is 12.6 Å². The molecular weight excluding hydrogens is 126 g/mol. The van der Waals surface area contributed by atoms with Crippen LogP contribution in [0.15, 0.2) is 0 Å². The minimum atomic E-state index is -0.0680. The summed E-state index contributed by atoms with van der Waals surface area (Å²) in [6, 6.07) is 0.639. The molecule has 2 atom stereocenters. The molecule has 2 heteroatoms. The topological polar surface area (TPSA) is 23.5 Å². The molecule has 0 amide bonds. The Kier molecular flexibility index (Phi) is 2.69. The van der Waals surface area contributed by atoms with Gasteiger partial charge in [0.05, 0.1) is 6.10 Å². The molecular formula is C8H17NO. The molecule has 10 heavy (non-hydrogen) atoms. The second-order valence-corrected chi connectivity index (χ2v) is 3.27. The zero-order valence-corrected chi connectivity index (χ0v) is 6.88. The molecule has 0 spiro atoms. The van der Waals surface area contributed by atoms with Crippen LogP contribution in [0, 0.1) is 0 Å². The highest BCUT2D eigenvalue weighted by Crippen LogP contribution is 2.19. The van der Waals surface area contributed by atoms with Crippen molar-refractivity contribution < 1.29 is 5.11 Å². The molecule has 1 fully saturated rings. The summed E-state index contributed by atoms with van der Waals surface area (Å²) in [7, 11) is 2.09. The lowest BCUT2D eigenvalue weighted by molar-refractivity contribution is 0.182. The first-order valence-electron chi connectivity index (χ1n) is 4.12. The average Bonchev–Trinajstić information content (AvgIpc) is 2.13. The van der Waals surface area contributed by atoms with Crippen molar-refractivity contribution in [2.75, 3.05) is 13.6 Å². The minimum absolute atomic E-state index is 0.0680. The van der Waals surface area contributed by atoms with Crippen LogP contribution in [0.1, 0.15) is 26.2 Å². The minimum Gasteiger partial charge on any atom is -0.392 e. The maximum absolute atomic E-state index is 9.25. The molecule has 1 aliphatic rings. The molecule has 0 aromatic carbocycles. The molecule has 0 aromatic heterocycles. The Morgan fingerprint density at radius 3 is 2.70 bits per heavy atom. The van der Waals surface area contributed by atoms with E-state index in [1.54, 1.807) is 0 Å². The second kappa shape index (κ2) is 3.35. The first kappa shape index (κ1) is 8.02. The number of likely N-dealkylation sites (N-methyl/N-ethyl adjacent to an activating group) is 1. The van der Waals surface area contributed by atoms with E-state index in [1.165, 1.54) is 12.8 Å². The molecule has 1 rings (SSSR count). The van der Waals surface area contributed by atoms with Gasteiger partial charge in [0.2, 0.25) is 0 Å². The summed E-state index contributed by atoms with van der Waals surface area (Å²) in [5, 5.41) is 9.25. The van der Waals surface area contributed by atoms with Crippen molar-refractivity contribution in [3.05, 3.63) is 0 Å². The van der Waals surface area contributed by atoms with Crippen LogP contribution in [0.25, 0.3) is 0 Å². The molecule has 0 unspecified atom stereocenters. The summed E-state index contributed by atoms with van der Waals surface area (Å²) in [6.45, 7) is 3.06. The summed E-state index contributed by atoms with van der Waals surface area (Å²) in [4.78, 5) is 2.26. The second-order valence-electron chi connectivity index (χ2n) is 3.27. The number of aliphatic hydroxyl groups is 1. The lowest BCUT2D eigenvalue weighted by atomic mass is 10.1. The highest BCUT2D eigenvalue weighted by Gasteiger charge is 2.26. The van der Waals surface area contributed by atoms with Gasteiger partial charge in [-0.3, -0.25) is 0 Å². The molecule has 0 aliphatic carbocycles. The van der Waals surface area contributed by atoms with E-state index in [0.717, 1.165) is 13.0 Å². The third kappa shape index (κ3) is 1.70. The third-order valence-electron chi connectivity index (χ3n) is 2.29. The van der Waals surface area contributed by atoms with Crippen LogP contribution < -0.4 is 0 Å². The van der Waals surface area contributed by atoms with E-state index in [4.69, 9.17) is 0 Å². The Bertz CT molecular complexity index is 105. The van der Waals surface area contributed by atoms with E-state index < -0.39 is 0 Å². The van der Waals surface area contributed by atoms with E-state index >= 15 is 0 Å². The van der Waals surface area contributed by atoms with Crippen LogP contribution in [-0.2, 0) is 0 Å².